The van der Waals surface area contributed by atoms with E-state index in [0.29, 0.717) is 44.1 Å². The van der Waals surface area contributed by atoms with Crippen molar-refractivity contribution < 1.29 is 18.7 Å². The van der Waals surface area contributed by atoms with Gasteiger partial charge in [0, 0.05) is 68.2 Å². The van der Waals surface area contributed by atoms with Crippen molar-refractivity contribution in [2.45, 2.75) is 70.7 Å². The van der Waals surface area contributed by atoms with Crippen LogP contribution in [0.5, 0.6) is 0 Å². The molecule has 10 heteroatoms. The number of anilines is 1. The van der Waals surface area contributed by atoms with E-state index in [1.54, 1.807) is 24.0 Å². The number of ketones is 1. The van der Waals surface area contributed by atoms with Crippen LogP contribution in [0.15, 0.2) is 30.5 Å². The minimum absolute atomic E-state index is 0.0798. The number of amides is 2. The second kappa shape index (κ2) is 10.9. The molecule has 9 nitrogen and oxygen atoms in total. The molecule has 4 heterocycles. The van der Waals surface area contributed by atoms with Crippen LogP contribution in [-0.2, 0) is 28.2 Å². The highest BCUT2D eigenvalue weighted by Crippen LogP contribution is 2.38. The molecule has 0 spiro atoms. The van der Waals surface area contributed by atoms with Gasteiger partial charge in [0.05, 0.1) is 17.8 Å². The van der Waals surface area contributed by atoms with Crippen LogP contribution >= 0.6 is 0 Å². The predicted molar refractivity (Wildman–Crippen MR) is 141 cm³/mol. The van der Waals surface area contributed by atoms with Gasteiger partial charge in [-0.3, -0.25) is 9.69 Å². The summed E-state index contributed by atoms with van der Waals surface area (Å²) >= 11 is 0. The lowest BCUT2D eigenvalue weighted by Crippen LogP contribution is -2.55. The summed E-state index contributed by atoms with van der Waals surface area (Å²) < 4.78 is 19.7. The molecule has 0 bridgehead atoms. The lowest BCUT2D eigenvalue weighted by molar-refractivity contribution is -0.122. The van der Waals surface area contributed by atoms with E-state index < -0.39 is 5.54 Å². The van der Waals surface area contributed by atoms with E-state index in [1.807, 2.05) is 26.1 Å². The number of urea groups is 1. The summed E-state index contributed by atoms with van der Waals surface area (Å²) in [7, 11) is 0. The van der Waals surface area contributed by atoms with Crippen molar-refractivity contribution in [2.75, 3.05) is 31.6 Å². The molecule has 1 aromatic carbocycles. The van der Waals surface area contributed by atoms with E-state index in [-0.39, 0.29) is 35.6 Å². The van der Waals surface area contributed by atoms with E-state index >= 15 is 0 Å². The van der Waals surface area contributed by atoms with Crippen LogP contribution in [0.25, 0.3) is 0 Å². The molecule has 2 amide bonds. The fourth-order valence-electron chi connectivity index (χ4n) is 5.80. The van der Waals surface area contributed by atoms with Crippen LogP contribution < -0.4 is 10.6 Å². The fourth-order valence-corrected chi connectivity index (χ4v) is 5.80. The largest absolute Gasteiger partial charge is 0.381 e. The maximum absolute atomic E-state index is 14.3. The molecule has 1 aromatic heterocycles. The van der Waals surface area contributed by atoms with E-state index in [9.17, 15) is 14.0 Å². The van der Waals surface area contributed by atoms with Crippen LogP contribution in [-0.4, -0.2) is 70.0 Å². The minimum atomic E-state index is -0.585. The molecule has 2 unspecified atom stereocenters. The zero-order chi connectivity index (χ0) is 26.9. The zero-order valence-electron chi connectivity index (χ0n) is 22.4. The number of Topliss-reactive ketones (excluding diaryl/α,β-unsaturated/α-hetero) is 1. The second-order valence-corrected chi connectivity index (χ2v) is 11.2. The van der Waals surface area contributed by atoms with Gasteiger partial charge in [-0.1, -0.05) is 18.2 Å². The molecule has 38 heavy (non-hydrogen) atoms. The Balaban J connectivity index is 1.26. The molecular weight excluding hydrogens is 487 g/mol. The Bertz CT molecular complexity index is 1180. The van der Waals surface area contributed by atoms with Crippen LogP contribution in [0.2, 0.25) is 0 Å². The molecule has 0 aliphatic carbocycles. The molecule has 3 aliphatic heterocycles. The molecule has 2 aromatic rings. The number of fused-ring (bicyclic) bond motifs is 1. The zero-order valence-corrected chi connectivity index (χ0v) is 22.4. The third-order valence-electron chi connectivity index (χ3n) is 8.09. The first-order valence-corrected chi connectivity index (χ1v) is 13.5. The van der Waals surface area contributed by atoms with Crippen molar-refractivity contribution in [1.82, 2.24) is 25.1 Å². The third-order valence-corrected chi connectivity index (χ3v) is 8.09. The summed E-state index contributed by atoms with van der Waals surface area (Å²) in [5.74, 6) is 0.181. The van der Waals surface area contributed by atoms with Gasteiger partial charge < -0.3 is 20.3 Å². The van der Waals surface area contributed by atoms with Gasteiger partial charge in [-0.05, 0) is 46.1 Å². The van der Waals surface area contributed by atoms with Gasteiger partial charge in [0.25, 0.3) is 0 Å². The highest BCUT2D eigenvalue weighted by molar-refractivity contribution is 5.79. The van der Waals surface area contributed by atoms with Gasteiger partial charge in [0.1, 0.15) is 11.6 Å². The number of ether oxygens (including phenoxy) is 1. The second-order valence-electron chi connectivity index (χ2n) is 11.2. The lowest BCUT2D eigenvalue weighted by Gasteiger charge is -2.39. The molecule has 5 rings (SSSR count). The monoisotopic (exact) mass is 524 g/mol. The average molecular weight is 525 g/mol. The Morgan fingerprint density at radius 3 is 2.66 bits per heavy atom. The Labute approximate surface area is 223 Å². The number of nitrogens with one attached hydrogen (secondary N) is 2. The van der Waals surface area contributed by atoms with Crippen molar-refractivity contribution in [3.63, 3.8) is 0 Å². The number of hydrogen-bond donors (Lipinski definition) is 2. The predicted octanol–water partition coefficient (Wildman–Crippen LogP) is 3.45. The lowest BCUT2D eigenvalue weighted by atomic mass is 9.91. The van der Waals surface area contributed by atoms with Gasteiger partial charge in [0.15, 0.2) is 0 Å². The van der Waals surface area contributed by atoms with Crippen LogP contribution in [0, 0.1) is 11.7 Å². The number of aromatic nitrogens is 2. The maximum Gasteiger partial charge on any atom is 0.318 e. The molecule has 2 saturated heterocycles. The number of hydrogen-bond acceptors (Lipinski definition) is 7. The Hall–Kier alpha value is -3.11. The van der Waals surface area contributed by atoms with Crippen molar-refractivity contribution >= 4 is 17.8 Å². The number of benzene rings is 1. The number of carbonyl (C=O) groups excluding carboxylic acids is 2. The number of piperidine rings is 1. The molecule has 2 fully saturated rings. The Morgan fingerprint density at radius 1 is 1.16 bits per heavy atom. The van der Waals surface area contributed by atoms with E-state index in [0.717, 1.165) is 37.3 Å². The summed E-state index contributed by atoms with van der Waals surface area (Å²) in [6.07, 6.45) is 4.21. The number of rotatable bonds is 6. The molecule has 0 radical (unpaired) electrons. The minimum Gasteiger partial charge on any atom is -0.381 e. The normalized spacial score (nSPS) is 23.6. The molecule has 2 atom stereocenters. The summed E-state index contributed by atoms with van der Waals surface area (Å²) in [4.78, 5) is 39.0. The van der Waals surface area contributed by atoms with E-state index in [4.69, 9.17) is 9.72 Å². The summed E-state index contributed by atoms with van der Waals surface area (Å²) in [6.45, 7) is 8.90. The van der Waals surface area contributed by atoms with E-state index in [1.165, 1.54) is 6.07 Å². The third kappa shape index (κ3) is 5.66. The summed E-state index contributed by atoms with van der Waals surface area (Å²) in [5, 5.41) is 6.57. The molecular formula is C28H37FN6O3. The molecule has 3 aliphatic rings. The SMILES string of the molecule is CC(=O)C1CC(NC(=O)N2Cc3nc(NC4CCOCC4)ncc3C2(C)C)CN(Cc2ccccc2F)C1. The number of carbonyl (C=O) groups is 2. The summed E-state index contributed by atoms with van der Waals surface area (Å²) in [6, 6.07) is 6.53. The fraction of sp³-hybridized carbons (Fsp3) is 0.571. The first kappa shape index (κ1) is 26.5. The van der Waals surface area contributed by atoms with Crippen LogP contribution in [0.1, 0.15) is 56.9 Å². The highest BCUT2D eigenvalue weighted by Gasteiger charge is 2.43. The number of halogens is 1. The van der Waals surface area contributed by atoms with E-state index in [2.05, 4.69) is 20.5 Å². The smallest absolute Gasteiger partial charge is 0.318 e. The quantitative estimate of drug-likeness (QED) is 0.597. The van der Waals surface area contributed by atoms with Gasteiger partial charge >= 0.3 is 6.03 Å². The van der Waals surface area contributed by atoms with Crippen LogP contribution in [0.3, 0.4) is 0 Å². The highest BCUT2D eigenvalue weighted by atomic mass is 19.1. The van der Waals surface area contributed by atoms with Gasteiger partial charge in [-0.15, -0.1) is 0 Å². The van der Waals surface area contributed by atoms with Gasteiger partial charge in [-0.25, -0.2) is 19.2 Å². The van der Waals surface area contributed by atoms with Gasteiger partial charge in [0.2, 0.25) is 5.95 Å². The van der Waals surface area contributed by atoms with Crippen molar-refractivity contribution in [2.24, 2.45) is 5.92 Å². The average Bonchev–Trinajstić information content (AvgIpc) is 3.15. The topological polar surface area (TPSA) is 99.7 Å². The van der Waals surface area contributed by atoms with Gasteiger partial charge in [-0.2, -0.15) is 0 Å². The molecule has 204 valence electrons. The first-order valence-electron chi connectivity index (χ1n) is 13.5. The number of nitrogens with zero attached hydrogens (tertiary/aromatic N) is 4. The van der Waals surface area contributed by atoms with Crippen LogP contribution in [0.4, 0.5) is 15.1 Å². The summed E-state index contributed by atoms with van der Waals surface area (Å²) in [5.41, 5.74) is 1.76. The maximum atomic E-state index is 14.3. The molecule has 2 N–H and O–H groups in total. The van der Waals surface area contributed by atoms with Crippen molar-refractivity contribution in [3.8, 4) is 0 Å². The first-order chi connectivity index (χ1) is 18.2. The van der Waals surface area contributed by atoms with Crippen molar-refractivity contribution in [1.29, 1.82) is 0 Å². The Kier molecular flexibility index (Phi) is 7.63. The Morgan fingerprint density at radius 2 is 1.92 bits per heavy atom. The molecule has 0 saturated carbocycles. The number of likely N-dealkylation sites (tertiary alicyclic amines) is 1. The van der Waals surface area contributed by atoms with Crippen molar-refractivity contribution in [3.05, 3.63) is 53.1 Å². The standard InChI is InChI=1S/C28H37FN6O3/c1-18(36)20-12-22(16-34(15-20)14-19-6-4-5-7-24(19)29)32-27(37)35-17-25-23(28(35,2)3)13-30-26(33-25)31-21-8-10-38-11-9-21/h4-7,13,20-22H,8-12,14-17H2,1-3H3,(H,32,37)(H,30,31,33).